The van der Waals surface area contributed by atoms with E-state index < -0.39 is 20.9 Å². The number of nitrogens with zero attached hydrogens (tertiary/aromatic N) is 3. The number of carbonyl (C=O) groups is 1. The summed E-state index contributed by atoms with van der Waals surface area (Å²) in [5.74, 6) is 0.135. The first-order valence-electron chi connectivity index (χ1n) is 10.6. The van der Waals surface area contributed by atoms with Crippen LogP contribution in [0.4, 0.5) is 11.4 Å². The summed E-state index contributed by atoms with van der Waals surface area (Å²) in [7, 11) is -3.73. The van der Waals surface area contributed by atoms with Gasteiger partial charge in [0.2, 0.25) is 15.0 Å². The van der Waals surface area contributed by atoms with E-state index >= 15 is 0 Å². The summed E-state index contributed by atoms with van der Waals surface area (Å²) in [4.78, 5) is 23.4. The van der Waals surface area contributed by atoms with Crippen molar-refractivity contribution in [3.63, 3.8) is 0 Å². The smallest absolute Gasteiger partial charge is 0.276 e. The zero-order chi connectivity index (χ0) is 24.1. The first-order chi connectivity index (χ1) is 16.3. The van der Waals surface area contributed by atoms with Crippen molar-refractivity contribution in [2.75, 3.05) is 16.5 Å². The SMILES string of the molecule is Cc1ccc(CN(Cc2ccco2)c2cnc(S(C)(=O)=O)nc2C(=O)Nc2ccccc2)cc1. The van der Waals surface area contributed by atoms with Gasteiger partial charge in [-0.05, 0) is 36.8 Å². The number of carbonyl (C=O) groups excluding carboxylic acids is 1. The number of furan rings is 1. The van der Waals surface area contributed by atoms with Crippen molar-refractivity contribution in [1.82, 2.24) is 9.97 Å². The molecule has 34 heavy (non-hydrogen) atoms. The van der Waals surface area contributed by atoms with Gasteiger partial charge in [-0.3, -0.25) is 4.79 Å². The summed E-state index contributed by atoms with van der Waals surface area (Å²) in [5.41, 5.74) is 3.04. The Balaban J connectivity index is 1.78. The van der Waals surface area contributed by atoms with Crippen molar-refractivity contribution < 1.29 is 17.6 Å². The van der Waals surface area contributed by atoms with Crippen LogP contribution in [-0.2, 0) is 22.9 Å². The fourth-order valence-electron chi connectivity index (χ4n) is 3.38. The van der Waals surface area contributed by atoms with E-state index in [1.807, 2.05) is 48.2 Å². The van der Waals surface area contributed by atoms with Gasteiger partial charge in [0.15, 0.2) is 5.69 Å². The summed E-state index contributed by atoms with van der Waals surface area (Å²) in [6, 6.07) is 20.5. The highest BCUT2D eigenvalue weighted by Crippen LogP contribution is 2.25. The number of aromatic nitrogens is 2. The van der Waals surface area contributed by atoms with Crippen LogP contribution in [-0.4, -0.2) is 30.5 Å². The molecule has 8 nitrogen and oxygen atoms in total. The van der Waals surface area contributed by atoms with Crippen molar-refractivity contribution in [2.24, 2.45) is 0 Å². The van der Waals surface area contributed by atoms with Crippen LogP contribution < -0.4 is 10.2 Å². The molecule has 0 bridgehead atoms. The second kappa shape index (κ2) is 9.88. The highest BCUT2D eigenvalue weighted by Gasteiger charge is 2.24. The minimum atomic E-state index is -3.73. The Bertz CT molecular complexity index is 1370. The fourth-order valence-corrected chi connectivity index (χ4v) is 3.88. The predicted molar refractivity (Wildman–Crippen MR) is 129 cm³/mol. The molecule has 9 heteroatoms. The van der Waals surface area contributed by atoms with Crippen LogP contribution in [0.1, 0.15) is 27.4 Å². The number of benzene rings is 2. The molecule has 0 unspecified atom stereocenters. The average Bonchev–Trinajstić information content (AvgIpc) is 3.33. The van der Waals surface area contributed by atoms with Gasteiger partial charge in [-0.25, -0.2) is 18.4 Å². The van der Waals surface area contributed by atoms with Crippen LogP contribution in [0.5, 0.6) is 0 Å². The van der Waals surface area contributed by atoms with E-state index in [4.69, 9.17) is 4.42 Å². The van der Waals surface area contributed by atoms with Crippen LogP contribution in [0.2, 0.25) is 0 Å². The Labute approximate surface area is 198 Å². The van der Waals surface area contributed by atoms with Crippen LogP contribution in [0.15, 0.2) is 88.8 Å². The predicted octanol–water partition coefficient (Wildman–Crippen LogP) is 4.24. The van der Waals surface area contributed by atoms with Gasteiger partial charge in [0, 0.05) is 18.5 Å². The number of para-hydroxylation sites is 1. The minimum absolute atomic E-state index is 0.0436. The van der Waals surface area contributed by atoms with Crippen molar-refractivity contribution in [3.8, 4) is 0 Å². The largest absolute Gasteiger partial charge is 0.467 e. The van der Waals surface area contributed by atoms with Gasteiger partial charge < -0.3 is 14.6 Å². The van der Waals surface area contributed by atoms with Crippen molar-refractivity contribution in [1.29, 1.82) is 0 Å². The van der Waals surface area contributed by atoms with Crippen LogP contribution in [0.25, 0.3) is 0 Å². The zero-order valence-corrected chi connectivity index (χ0v) is 19.6. The van der Waals surface area contributed by atoms with Gasteiger partial charge in [-0.2, -0.15) is 0 Å². The number of nitrogens with one attached hydrogen (secondary N) is 1. The van der Waals surface area contributed by atoms with E-state index in [1.165, 1.54) is 6.20 Å². The third-order valence-corrected chi connectivity index (χ3v) is 5.95. The van der Waals surface area contributed by atoms with Crippen LogP contribution in [0.3, 0.4) is 0 Å². The Hall–Kier alpha value is -3.98. The molecule has 0 atom stereocenters. The molecule has 2 aromatic carbocycles. The molecule has 4 aromatic rings. The number of hydrogen-bond acceptors (Lipinski definition) is 7. The number of amides is 1. The fraction of sp³-hybridized carbons (Fsp3) is 0.160. The van der Waals surface area contributed by atoms with E-state index in [9.17, 15) is 13.2 Å². The summed E-state index contributed by atoms with van der Waals surface area (Å²) >= 11 is 0. The van der Waals surface area contributed by atoms with E-state index in [1.54, 1.807) is 36.6 Å². The third-order valence-electron chi connectivity index (χ3n) is 5.09. The van der Waals surface area contributed by atoms with E-state index in [0.29, 0.717) is 30.2 Å². The highest BCUT2D eigenvalue weighted by atomic mass is 32.2. The second-order valence-corrected chi connectivity index (χ2v) is 9.81. The van der Waals surface area contributed by atoms with Crippen molar-refractivity contribution >= 4 is 27.1 Å². The molecule has 0 spiro atoms. The lowest BCUT2D eigenvalue weighted by Crippen LogP contribution is -2.27. The molecule has 0 radical (unpaired) electrons. The monoisotopic (exact) mass is 476 g/mol. The minimum Gasteiger partial charge on any atom is -0.467 e. The molecule has 0 fully saturated rings. The molecule has 1 N–H and O–H groups in total. The Kier molecular flexibility index (Phi) is 6.74. The molecule has 1 amide bonds. The topological polar surface area (TPSA) is 105 Å². The van der Waals surface area contributed by atoms with Gasteiger partial charge >= 0.3 is 0 Å². The maximum atomic E-state index is 13.3. The van der Waals surface area contributed by atoms with Gasteiger partial charge in [0.05, 0.1) is 24.7 Å². The highest BCUT2D eigenvalue weighted by molar-refractivity contribution is 7.90. The van der Waals surface area contributed by atoms with Gasteiger partial charge in [0.1, 0.15) is 5.76 Å². The second-order valence-electron chi connectivity index (χ2n) is 7.90. The summed E-state index contributed by atoms with van der Waals surface area (Å²) in [6.45, 7) is 2.76. The number of rotatable bonds is 8. The maximum absolute atomic E-state index is 13.3. The van der Waals surface area contributed by atoms with Gasteiger partial charge in [-0.1, -0.05) is 48.0 Å². The molecule has 0 saturated heterocycles. The molecule has 4 rings (SSSR count). The molecule has 2 heterocycles. The maximum Gasteiger partial charge on any atom is 0.276 e. The molecule has 0 aliphatic carbocycles. The first-order valence-corrected chi connectivity index (χ1v) is 12.4. The van der Waals surface area contributed by atoms with E-state index in [2.05, 4.69) is 15.3 Å². The number of anilines is 2. The van der Waals surface area contributed by atoms with Crippen molar-refractivity contribution in [3.05, 3.63) is 102 Å². The third kappa shape index (κ3) is 5.68. The standard InChI is InChI=1S/C25H24N4O4S/c1-18-10-12-19(13-11-18)16-29(17-21-9-6-14-33-21)22-15-26-25(34(2,31)32)28-23(22)24(30)27-20-7-4-3-5-8-20/h3-15H,16-17H2,1-2H3,(H,27,30). The summed E-state index contributed by atoms with van der Waals surface area (Å²) < 4.78 is 29.8. The molecular formula is C25H24N4O4S. The Morgan fingerprint density at radius 1 is 1.00 bits per heavy atom. The summed E-state index contributed by atoms with van der Waals surface area (Å²) in [6.07, 6.45) is 3.96. The molecule has 0 aliphatic rings. The Morgan fingerprint density at radius 2 is 1.74 bits per heavy atom. The molecular weight excluding hydrogens is 452 g/mol. The average molecular weight is 477 g/mol. The quantitative estimate of drug-likeness (QED) is 0.379. The van der Waals surface area contributed by atoms with E-state index in [0.717, 1.165) is 17.4 Å². The lowest BCUT2D eigenvalue weighted by atomic mass is 10.1. The number of aryl methyl sites for hydroxylation is 1. The molecule has 2 aromatic heterocycles. The first kappa shape index (κ1) is 23.2. The summed E-state index contributed by atoms with van der Waals surface area (Å²) in [5, 5.41) is 2.37. The molecule has 0 saturated carbocycles. The number of hydrogen-bond donors (Lipinski definition) is 1. The van der Waals surface area contributed by atoms with Crippen LogP contribution in [0, 0.1) is 6.92 Å². The lowest BCUT2D eigenvalue weighted by Gasteiger charge is -2.25. The van der Waals surface area contributed by atoms with Gasteiger partial charge in [-0.15, -0.1) is 0 Å². The van der Waals surface area contributed by atoms with Crippen molar-refractivity contribution in [2.45, 2.75) is 25.2 Å². The van der Waals surface area contributed by atoms with Gasteiger partial charge in [0.25, 0.3) is 5.91 Å². The normalized spacial score (nSPS) is 11.2. The lowest BCUT2D eigenvalue weighted by molar-refractivity contribution is 0.102. The zero-order valence-electron chi connectivity index (χ0n) is 18.8. The molecule has 0 aliphatic heterocycles. The number of sulfone groups is 1. The van der Waals surface area contributed by atoms with E-state index in [-0.39, 0.29) is 5.69 Å². The molecule has 174 valence electrons. The Morgan fingerprint density at radius 3 is 2.38 bits per heavy atom. The van der Waals surface area contributed by atoms with Crippen LogP contribution >= 0.6 is 0 Å².